The molecule has 0 aliphatic heterocycles. The van der Waals surface area contributed by atoms with Gasteiger partial charge >= 0.3 is 5.97 Å². The number of aliphatic carboxylic acids is 1. The number of carboxylic acid groups (broad SMARTS) is 1. The maximum absolute atomic E-state index is 9.62. The van der Waals surface area contributed by atoms with Crippen molar-refractivity contribution in [2.24, 2.45) is 0 Å². The molecule has 0 atom stereocenters. The van der Waals surface area contributed by atoms with Crippen molar-refractivity contribution >= 4 is 45.6 Å². The van der Waals surface area contributed by atoms with Crippen LogP contribution in [0.5, 0.6) is 0 Å². The van der Waals surface area contributed by atoms with E-state index in [4.69, 9.17) is 9.66 Å². The van der Waals surface area contributed by atoms with Crippen LogP contribution in [0, 0.1) is 0 Å². The molecule has 0 aromatic heterocycles. The second-order valence-corrected chi connectivity index (χ2v) is 2.57. The van der Waals surface area contributed by atoms with E-state index >= 15 is 0 Å². The maximum atomic E-state index is 9.62. The molecule has 0 rings (SSSR count). The van der Waals surface area contributed by atoms with Gasteiger partial charge in [-0.2, -0.15) is 8.42 Å². The van der Waals surface area contributed by atoms with Gasteiger partial charge in [0.25, 0.3) is 10.1 Å². The summed E-state index contributed by atoms with van der Waals surface area (Å²) in [4.78, 5) is 9.48. The number of hydrogen-bond donors (Lipinski definition) is 2. The van der Waals surface area contributed by atoms with E-state index in [1.807, 2.05) is 0 Å². The van der Waals surface area contributed by atoms with Crippen molar-refractivity contribution in [3.63, 3.8) is 0 Å². The van der Waals surface area contributed by atoms with Crippen LogP contribution in [0.3, 0.4) is 0 Å². The third kappa shape index (κ3) is 11.8. The molecule has 49 valence electrons. The number of carbonyl (C=O) groups is 1. The van der Waals surface area contributed by atoms with Gasteiger partial charge in [0.1, 0.15) is 0 Å². The van der Waals surface area contributed by atoms with E-state index in [-0.39, 0.29) is 29.6 Å². The van der Waals surface area contributed by atoms with Crippen molar-refractivity contribution < 1.29 is 22.9 Å². The summed E-state index contributed by atoms with van der Waals surface area (Å²) in [5, 5.41) is 7.71. The molecule has 0 spiro atoms. The van der Waals surface area contributed by atoms with Crippen LogP contribution < -0.4 is 0 Å². The Morgan fingerprint density at radius 2 is 1.78 bits per heavy atom. The minimum atomic E-state index is -4.32. The smallest absolute Gasteiger partial charge is 0.321 e. The van der Waals surface area contributed by atoms with Gasteiger partial charge in [-0.25, -0.2) is 0 Å². The van der Waals surface area contributed by atoms with E-state index in [0.717, 1.165) is 0 Å². The molecule has 0 bridgehead atoms. The largest absolute Gasteiger partial charge is 0.480 e. The first-order valence-electron chi connectivity index (χ1n) is 1.59. The minimum absolute atomic E-state index is 0. The van der Waals surface area contributed by atoms with Crippen LogP contribution in [-0.2, 0) is 14.9 Å². The van der Waals surface area contributed by atoms with Gasteiger partial charge in [-0.1, -0.05) is 0 Å². The van der Waals surface area contributed by atoms with Crippen molar-refractivity contribution in [3.05, 3.63) is 0 Å². The Kier molecular flexibility index (Phi) is 5.69. The van der Waals surface area contributed by atoms with E-state index < -0.39 is 21.8 Å². The van der Waals surface area contributed by atoms with Crippen LogP contribution in [-0.4, -0.2) is 59.4 Å². The van der Waals surface area contributed by atoms with E-state index in [1.54, 1.807) is 0 Å². The Bertz CT molecular complexity index is 181. The molecule has 1 radical (unpaired) electrons. The van der Waals surface area contributed by atoms with Crippen LogP contribution in [0.4, 0.5) is 0 Å². The molecule has 0 aromatic rings. The fraction of sp³-hybridized carbons (Fsp3) is 0.500. The van der Waals surface area contributed by atoms with Crippen molar-refractivity contribution in [2.75, 3.05) is 5.75 Å². The van der Waals surface area contributed by atoms with E-state index in [2.05, 4.69) is 0 Å². The average molecular weight is 163 g/mol. The monoisotopic (exact) mass is 163 g/mol. The quantitative estimate of drug-likeness (QED) is 0.385. The zero-order valence-electron chi connectivity index (χ0n) is 4.73. The summed E-state index contributed by atoms with van der Waals surface area (Å²) in [5.41, 5.74) is 0. The molecular formula is C2H4NaO5S. The summed E-state index contributed by atoms with van der Waals surface area (Å²) in [6.45, 7) is 0. The first-order valence-corrected chi connectivity index (χ1v) is 3.20. The maximum Gasteiger partial charge on any atom is 0.321 e. The predicted molar refractivity (Wildman–Crippen MR) is 29.8 cm³/mol. The molecule has 0 aliphatic rings. The third-order valence-corrected chi connectivity index (χ3v) is 0.918. The molecule has 0 unspecified atom stereocenters. The first-order chi connectivity index (χ1) is 3.42. The Morgan fingerprint density at radius 1 is 1.44 bits per heavy atom. The number of carboxylic acids is 1. The average Bonchev–Trinajstić information content (AvgIpc) is 1.21. The van der Waals surface area contributed by atoms with Crippen LogP contribution in [0.1, 0.15) is 0 Å². The molecule has 0 fully saturated rings. The summed E-state index contributed by atoms with van der Waals surface area (Å²) >= 11 is 0. The first kappa shape index (κ1) is 12.1. The second kappa shape index (κ2) is 4.24. The van der Waals surface area contributed by atoms with Gasteiger partial charge in [-0.05, 0) is 0 Å². The SMILES string of the molecule is O=C(O)CS(=O)(=O)O.[Na]. The standard InChI is InChI=1S/C2H4O5S.Na/c3-2(4)1-8(5,6)7;/h1H2,(H,3,4)(H,5,6,7);. The van der Waals surface area contributed by atoms with Crippen LogP contribution >= 0.6 is 0 Å². The van der Waals surface area contributed by atoms with Gasteiger partial charge in [0.2, 0.25) is 0 Å². The van der Waals surface area contributed by atoms with Gasteiger partial charge in [-0.15, -0.1) is 0 Å². The molecule has 0 heterocycles. The van der Waals surface area contributed by atoms with Crippen molar-refractivity contribution in [2.45, 2.75) is 0 Å². The predicted octanol–water partition coefficient (Wildman–Crippen LogP) is -1.42. The number of hydrogen-bond acceptors (Lipinski definition) is 3. The molecule has 5 nitrogen and oxygen atoms in total. The van der Waals surface area contributed by atoms with Crippen molar-refractivity contribution in [1.29, 1.82) is 0 Å². The molecular weight excluding hydrogens is 159 g/mol. The topological polar surface area (TPSA) is 91.7 Å². The Morgan fingerprint density at radius 3 is 1.78 bits per heavy atom. The van der Waals surface area contributed by atoms with Crippen LogP contribution in [0.25, 0.3) is 0 Å². The van der Waals surface area contributed by atoms with Gasteiger partial charge in [0.15, 0.2) is 5.75 Å². The summed E-state index contributed by atoms with van der Waals surface area (Å²) < 4.78 is 27.0. The zero-order chi connectivity index (χ0) is 6.78. The summed E-state index contributed by atoms with van der Waals surface area (Å²) in [7, 11) is -4.32. The van der Waals surface area contributed by atoms with Crippen molar-refractivity contribution in [3.8, 4) is 0 Å². The zero-order valence-corrected chi connectivity index (χ0v) is 7.55. The molecule has 0 aromatic carbocycles. The third-order valence-electron chi connectivity index (χ3n) is 0.306. The molecule has 0 saturated carbocycles. The second-order valence-electron chi connectivity index (χ2n) is 1.12. The van der Waals surface area contributed by atoms with Gasteiger partial charge in [0, 0.05) is 29.6 Å². The van der Waals surface area contributed by atoms with Crippen LogP contribution in [0.15, 0.2) is 0 Å². The van der Waals surface area contributed by atoms with Gasteiger partial charge in [-0.3, -0.25) is 9.35 Å². The summed E-state index contributed by atoms with van der Waals surface area (Å²) in [6, 6.07) is 0. The van der Waals surface area contributed by atoms with E-state index in [0.29, 0.717) is 0 Å². The minimum Gasteiger partial charge on any atom is -0.480 e. The van der Waals surface area contributed by atoms with Crippen molar-refractivity contribution in [1.82, 2.24) is 0 Å². The fourth-order valence-electron chi connectivity index (χ4n) is 0.156. The Hall–Kier alpha value is 0.380. The van der Waals surface area contributed by atoms with E-state index in [9.17, 15) is 13.2 Å². The molecule has 9 heavy (non-hydrogen) atoms. The van der Waals surface area contributed by atoms with Gasteiger partial charge in [0.05, 0.1) is 0 Å². The Labute approximate surface area is 74.1 Å². The van der Waals surface area contributed by atoms with E-state index in [1.165, 1.54) is 0 Å². The molecule has 0 saturated heterocycles. The molecule has 0 aliphatic carbocycles. The molecule has 0 amide bonds. The van der Waals surface area contributed by atoms with Crippen LogP contribution in [0.2, 0.25) is 0 Å². The molecule has 2 N–H and O–H groups in total. The van der Waals surface area contributed by atoms with Gasteiger partial charge < -0.3 is 5.11 Å². The number of rotatable bonds is 2. The Balaban J connectivity index is 0. The normalized spacial score (nSPS) is 9.89. The molecule has 7 heteroatoms. The summed E-state index contributed by atoms with van der Waals surface area (Å²) in [6.07, 6.45) is 0. The fourth-order valence-corrected chi connectivity index (χ4v) is 0.468. The summed E-state index contributed by atoms with van der Waals surface area (Å²) in [5.74, 6) is -2.79.